The molecule has 1 atom stereocenters. The van der Waals surface area contributed by atoms with Crippen molar-refractivity contribution in [1.29, 1.82) is 0 Å². The van der Waals surface area contributed by atoms with E-state index >= 15 is 0 Å². The third kappa shape index (κ3) is 4.26. The van der Waals surface area contributed by atoms with Crippen molar-refractivity contribution in [3.63, 3.8) is 0 Å². The van der Waals surface area contributed by atoms with Crippen LogP contribution < -0.4 is 0 Å². The maximum absolute atomic E-state index is 12.6. The van der Waals surface area contributed by atoms with Gasteiger partial charge in [-0.25, -0.2) is 4.21 Å². The monoisotopic (exact) mass is 387 g/mol. The van der Waals surface area contributed by atoms with E-state index in [2.05, 4.69) is 19.0 Å². The van der Waals surface area contributed by atoms with Crippen LogP contribution in [0, 0.1) is 0 Å². The Morgan fingerprint density at radius 3 is 2.52 bits per heavy atom. The van der Waals surface area contributed by atoms with Crippen molar-refractivity contribution in [2.24, 2.45) is 4.36 Å². The maximum atomic E-state index is 12.6. The lowest BCUT2D eigenvalue weighted by molar-refractivity contribution is -0.159. The van der Waals surface area contributed by atoms with Crippen molar-refractivity contribution in [3.8, 4) is 0 Å². The molecule has 3 aromatic rings. The van der Waals surface area contributed by atoms with Gasteiger partial charge in [-0.2, -0.15) is 33.9 Å². The van der Waals surface area contributed by atoms with Crippen molar-refractivity contribution >= 4 is 26.8 Å². The zero-order valence-electron chi connectivity index (χ0n) is 12.9. The van der Waals surface area contributed by atoms with Crippen molar-refractivity contribution < 1.29 is 21.9 Å². The molecular formula is C15H12F3N3O2S2. The molecule has 2 heterocycles. The molecule has 132 valence electrons. The lowest BCUT2D eigenvalue weighted by atomic mass is 10.1. The quantitative estimate of drug-likeness (QED) is 0.660. The van der Waals surface area contributed by atoms with Crippen LogP contribution in [0.3, 0.4) is 0 Å². The van der Waals surface area contributed by atoms with Crippen LogP contribution in [0.25, 0.3) is 0 Å². The minimum absolute atomic E-state index is 0.0606. The summed E-state index contributed by atoms with van der Waals surface area (Å²) >= 11 is 1.44. The van der Waals surface area contributed by atoms with E-state index in [9.17, 15) is 17.4 Å². The second-order valence-corrected chi connectivity index (χ2v) is 8.25. The van der Waals surface area contributed by atoms with Crippen LogP contribution in [0.2, 0.25) is 0 Å². The average molecular weight is 387 g/mol. The average Bonchev–Trinajstić information content (AvgIpc) is 3.19. The minimum atomic E-state index is -4.66. The molecule has 2 aromatic heterocycles. The van der Waals surface area contributed by atoms with Gasteiger partial charge in [-0.3, -0.25) is 0 Å². The summed E-state index contributed by atoms with van der Waals surface area (Å²) in [6, 6.07) is 8.40. The first-order chi connectivity index (χ1) is 11.7. The fourth-order valence-electron chi connectivity index (χ4n) is 2.02. The fraction of sp³-hybridized carbons (Fsp3) is 0.200. The summed E-state index contributed by atoms with van der Waals surface area (Å²) in [5.41, 5.74) is 1.21. The van der Waals surface area contributed by atoms with E-state index in [4.69, 9.17) is 0 Å². The van der Waals surface area contributed by atoms with Crippen LogP contribution in [0.5, 0.6) is 0 Å². The zero-order chi connectivity index (χ0) is 18.1. The molecule has 0 fully saturated rings. The number of halogens is 3. The second-order valence-electron chi connectivity index (χ2n) is 5.21. The lowest BCUT2D eigenvalue weighted by Gasteiger charge is -2.03. The molecular weight excluding hydrogens is 375 g/mol. The van der Waals surface area contributed by atoms with Crippen LogP contribution in [0.15, 0.2) is 54.9 Å². The highest BCUT2D eigenvalue weighted by Crippen LogP contribution is 2.28. The number of hydrogen-bond acceptors (Lipinski definition) is 6. The van der Waals surface area contributed by atoms with Gasteiger partial charge < -0.3 is 4.52 Å². The molecule has 0 aliphatic heterocycles. The summed E-state index contributed by atoms with van der Waals surface area (Å²) in [5, 5.41) is 6.94. The zero-order valence-corrected chi connectivity index (χ0v) is 14.5. The molecule has 0 radical (unpaired) electrons. The molecule has 0 N–H and O–H groups in total. The number of alkyl halides is 3. The number of rotatable bonds is 4. The normalized spacial score (nSPS) is 14.2. The minimum Gasteiger partial charge on any atom is -0.329 e. The lowest BCUT2D eigenvalue weighted by Crippen LogP contribution is -2.05. The Morgan fingerprint density at radius 1 is 1.24 bits per heavy atom. The molecule has 0 spiro atoms. The molecule has 10 heteroatoms. The summed E-state index contributed by atoms with van der Waals surface area (Å²) in [6.45, 7) is 0. The van der Waals surface area contributed by atoms with Gasteiger partial charge in [0.1, 0.15) is 0 Å². The predicted molar refractivity (Wildman–Crippen MR) is 87.3 cm³/mol. The molecule has 0 bridgehead atoms. The molecule has 0 aliphatic rings. The number of nitrogens with zero attached hydrogens (tertiary/aromatic N) is 3. The predicted octanol–water partition coefficient (Wildman–Crippen LogP) is 4.53. The van der Waals surface area contributed by atoms with Gasteiger partial charge in [-0.15, -0.1) is 0 Å². The first-order valence-corrected chi connectivity index (χ1v) is 9.84. The number of hydrogen-bond donors (Lipinski definition) is 0. The topological polar surface area (TPSA) is 68.3 Å². The first-order valence-electron chi connectivity index (χ1n) is 6.97. The van der Waals surface area contributed by atoms with Gasteiger partial charge in [-0.05, 0) is 29.1 Å². The van der Waals surface area contributed by atoms with Gasteiger partial charge in [0.15, 0.2) is 5.82 Å². The summed E-state index contributed by atoms with van der Waals surface area (Å²) in [6.07, 6.45) is -3.01. The van der Waals surface area contributed by atoms with Gasteiger partial charge in [0.2, 0.25) is 0 Å². The van der Waals surface area contributed by atoms with Crippen molar-refractivity contribution in [2.75, 3.05) is 6.26 Å². The molecule has 3 rings (SSSR count). The Labute approximate surface area is 145 Å². The Morgan fingerprint density at radius 2 is 1.96 bits per heavy atom. The third-order valence-electron chi connectivity index (χ3n) is 3.22. The van der Waals surface area contributed by atoms with Gasteiger partial charge >= 0.3 is 12.1 Å². The van der Waals surface area contributed by atoms with Gasteiger partial charge in [0.05, 0.1) is 20.3 Å². The van der Waals surface area contributed by atoms with Crippen molar-refractivity contribution in [2.45, 2.75) is 17.5 Å². The van der Waals surface area contributed by atoms with Crippen LogP contribution in [0.4, 0.5) is 18.9 Å². The van der Waals surface area contributed by atoms with Gasteiger partial charge in [-0.1, -0.05) is 17.3 Å². The van der Waals surface area contributed by atoms with E-state index in [1.807, 2.05) is 5.38 Å². The van der Waals surface area contributed by atoms with Gasteiger partial charge in [0, 0.05) is 18.1 Å². The van der Waals surface area contributed by atoms with Crippen LogP contribution in [-0.2, 0) is 22.3 Å². The van der Waals surface area contributed by atoms with Crippen LogP contribution >= 0.6 is 11.3 Å². The standard InChI is InChI=1S/C15H12F3N3O2S2/c1-25(22,12-6-7-24-9-12)21-11-4-2-10(3-5-11)8-13-19-14(23-20-13)15(16,17)18/h2-7,9H,8H2,1H3. The van der Waals surface area contributed by atoms with Crippen molar-refractivity contribution in [1.82, 2.24) is 10.1 Å². The number of benzene rings is 1. The Hall–Kier alpha value is -2.20. The van der Waals surface area contributed by atoms with Crippen LogP contribution in [0.1, 0.15) is 17.3 Å². The molecule has 0 saturated heterocycles. The summed E-state index contributed by atoms with van der Waals surface area (Å²) < 4.78 is 58.3. The summed E-state index contributed by atoms with van der Waals surface area (Å²) in [5.74, 6) is -1.43. The maximum Gasteiger partial charge on any atom is 0.471 e. The molecule has 5 nitrogen and oxygen atoms in total. The Kier molecular flexibility index (Phi) is 4.65. The van der Waals surface area contributed by atoms with E-state index in [1.54, 1.807) is 42.0 Å². The number of aromatic nitrogens is 2. The molecule has 1 aromatic carbocycles. The first kappa shape index (κ1) is 17.6. The van der Waals surface area contributed by atoms with Crippen LogP contribution in [-0.4, -0.2) is 20.6 Å². The van der Waals surface area contributed by atoms with E-state index < -0.39 is 21.8 Å². The highest BCUT2D eigenvalue weighted by Gasteiger charge is 2.38. The molecule has 0 saturated carbocycles. The fourth-order valence-corrected chi connectivity index (χ4v) is 4.45. The molecule has 25 heavy (non-hydrogen) atoms. The molecule has 0 aliphatic carbocycles. The summed E-state index contributed by atoms with van der Waals surface area (Å²) in [4.78, 5) is 3.98. The highest BCUT2D eigenvalue weighted by atomic mass is 32.2. The highest BCUT2D eigenvalue weighted by molar-refractivity contribution is 7.93. The Balaban J connectivity index is 1.77. The molecule has 0 amide bonds. The van der Waals surface area contributed by atoms with Crippen molar-refractivity contribution in [3.05, 3.63) is 58.4 Å². The molecule has 1 unspecified atom stereocenters. The van der Waals surface area contributed by atoms with Gasteiger partial charge in [0.25, 0.3) is 0 Å². The third-order valence-corrected chi connectivity index (χ3v) is 5.74. The number of thiophene rings is 1. The van der Waals surface area contributed by atoms with E-state index in [0.29, 0.717) is 16.1 Å². The Bertz CT molecular complexity index is 970. The van der Waals surface area contributed by atoms with E-state index in [1.165, 1.54) is 11.3 Å². The smallest absolute Gasteiger partial charge is 0.329 e. The van der Waals surface area contributed by atoms with E-state index in [-0.39, 0.29) is 12.2 Å². The van der Waals surface area contributed by atoms with E-state index in [0.717, 1.165) is 0 Å². The second kappa shape index (κ2) is 6.60. The SMILES string of the molecule is CS(=O)(=Nc1ccc(Cc2noc(C(F)(F)F)n2)cc1)c1ccsc1. The largest absolute Gasteiger partial charge is 0.471 e. The summed E-state index contributed by atoms with van der Waals surface area (Å²) in [7, 11) is -2.53.